The predicted octanol–water partition coefficient (Wildman–Crippen LogP) is 4.10. The molecule has 0 N–H and O–H groups in total. The third-order valence-corrected chi connectivity index (χ3v) is 2.56. The maximum Gasteiger partial charge on any atom is 0.387 e. The first-order valence-electron chi connectivity index (χ1n) is 5.45. The van der Waals surface area contributed by atoms with Gasteiger partial charge in [0.05, 0.1) is 5.56 Å². The van der Waals surface area contributed by atoms with Gasteiger partial charge in [0.25, 0.3) is 0 Å². The number of alkyl halides is 2. The van der Waals surface area contributed by atoms with Crippen molar-refractivity contribution in [1.82, 2.24) is 0 Å². The van der Waals surface area contributed by atoms with Gasteiger partial charge >= 0.3 is 6.61 Å². The van der Waals surface area contributed by atoms with Crippen LogP contribution >= 0.6 is 0 Å². The zero-order valence-electron chi connectivity index (χ0n) is 9.91. The van der Waals surface area contributed by atoms with Gasteiger partial charge in [0.15, 0.2) is 0 Å². The predicted molar refractivity (Wildman–Crippen MR) is 63.1 cm³/mol. The molecule has 0 fully saturated rings. The Balaban J connectivity index is 2.46. The van der Waals surface area contributed by atoms with Crippen molar-refractivity contribution in [2.75, 3.05) is 0 Å². The highest BCUT2D eigenvalue weighted by molar-refractivity contribution is 5.67. The van der Waals surface area contributed by atoms with E-state index in [2.05, 4.69) is 4.74 Å². The van der Waals surface area contributed by atoms with Gasteiger partial charge in [-0.15, -0.1) is 0 Å². The van der Waals surface area contributed by atoms with Crippen molar-refractivity contribution in [3.63, 3.8) is 0 Å². The number of ether oxygens (including phenoxy) is 1. The molecule has 0 unspecified atom stereocenters. The Hall–Kier alpha value is -2.55. The molecule has 0 atom stereocenters. The van der Waals surface area contributed by atoms with Gasteiger partial charge in [-0.3, -0.25) is 0 Å². The van der Waals surface area contributed by atoms with Crippen molar-refractivity contribution in [2.24, 2.45) is 0 Å². The van der Waals surface area contributed by atoms with Crippen LogP contribution in [0, 0.1) is 23.0 Å². The zero-order valence-corrected chi connectivity index (χ0v) is 9.91. The van der Waals surface area contributed by atoms with Crippen LogP contribution in [0.15, 0.2) is 36.4 Å². The lowest BCUT2D eigenvalue weighted by Crippen LogP contribution is -2.03. The normalized spacial score (nSPS) is 10.4. The van der Waals surface area contributed by atoms with E-state index in [1.165, 1.54) is 18.2 Å². The highest BCUT2D eigenvalue weighted by Gasteiger charge is 2.13. The van der Waals surface area contributed by atoms with E-state index in [9.17, 15) is 17.6 Å². The van der Waals surface area contributed by atoms with E-state index < -0.39 is 18.2 Å². The molecule has 6 heteroatoms. The summed E-state index contributed by atoms with van der Waals surface area (Å²) in [5.74, 6) is -1.84. The second-order valence-electron chi connectivity index (χ2n) is 3.83. The number of rotatable bonds is 3. The fourth-order valence-electron chi connectivity index (χ4n) is 1.71. The summed E-state index contributed by atoms with van der Waals surface area (Å²) in [6.45, 7) is -3.06. The van der Waals surface area contributed by atoms with Crippen LogP contribution in [0.25, 0.3) is 11.1 Å². The number of nitrogens with zero attached hydrogens (tertiary/aromatic N) is 1. The topological polar surface area (TPSA) is 33.0 Å². The molecule has 20 heavy (non-hydrogen) atoms. The van der Waals surface area contributed by atoms with Gasteiger partial charge in [0.1, 0.15) is 23.5 Å². The molecule has 102 valence electrons. The summed E-state index contributed by atoms with van der Waals surface area (Å²) in [5.41, 5.74) is 0.165. The minimum atomic E-state index is -3.06. The lowest BCUT2D eigenvalue weighted by Gasteiger charge is -2.09. The highest BCUT2D eigenvalue weighted by Crippen LogP contribution is 2.29. The number of hydrogen-bond donors (Lipinski definition) is 0. The van der Waals surface area contributed by atoms with Crippen molar-refractivity contribution in [3.05, 3.63) is 53.6 Å². The molecule has 0 aliphatic heterocycles. The quantitative estimate of drug-likeness (QED) is 0.793. The molecule has 2 rings (SSSR count). The fraction of sp³-hybridized carbons (Fsp3) is 0.0714. The first-order chi connectivity index (χ1) is 9.51. The van der Waals surface area contributed by atoms with Crippen LogP contribution in [-0.2, 0) is 0 Å². The Kier molecular flexibility index (Phi) is 3.89. The zero-order chi connectivity index (χ0) is 14.7. The van der Waals surface area contributed by atoms with Gasteiger partial charge in [-0.2, -0.15) is 14.0 Å². The third-order valence-electron chi connectivity index (χ3n) is 2.56. The summed E-state index contributed by atoms with van der Waals surface area (Å²) in [5, 5.41) is 8.89. The SMILES string of the molecule is N#Cc1cc(-c2ccc(F)cc2F)ccc1OC(F)F. The summed E-state index contributed by atoms with van der Waals surface area (Å²) in [6.07, 6.45) is 0. The molecule has 2 aromatic carbocycles. The van der Waals surface area contributed by atoms with Crippen LogP contribution in [0.3, 0.4) is 0 Å². The Morgan fingerprint density at radius 3 is 2.40 bits per heavy atom. The average molecular weight is 281 g/mol. The molecule has 2 aromatic rings. The molecule has 0 aromatic heterocycles. The van der Waals surface area contributed by atoms with Gasteiger partial charge in [-0.25, -0.2) is 8.78 Å². The Labute approximate surface area is 111 Å². The van der Waals surface area contributed by atoms with E-state index in [1.54, 1.807) is 6.07 Å². The van der Waals surface area contributed by atoms with E-state index >= 15 is 0 Å². The lowest BCUT2D eigenvalue weighted by molar-refractivity contribution is -0.0500. The number of nitriles is 1. The van der Waals surface area contributed by atoms with Crippen LogP contribution in [0.4, 0.5) is 17.6 Å². The molecule has 0 saturated carbocycles. The first-order valence-corrected chi connectivity index (χ1v) is 5.45. The minimum absolute atomic E-state index is 0.0616. The van der Waals surface area contributed by atoms with Crippen molar-refractivity contribution in [2.45, 2.75) is 6.61 Å². The van der Waals surface area contributed by atoms with E-state index in [4.69, 9.17) is 5.26 Å². The Morgan fingerprint density at radius 2 is 1.80 bits per heavy atom. The summed E-state index contributed by atoms with van der Waals surface area (Å²) in [7, 11) is 0. The van der Waals surface area contributed by atoms with Crippen LogP contribution in [-0.4, -0.2) is 6.61 Å². The van der Waals surface area contributed by atoms with Gasteiger partial charge in [0, 0.05) is 11.6 Å². The first kappa shape index (κ1) is 13.9. The van der Waals surface area contributed by atoms with E-state index in [0.29, 0.717) is 6.07 Å². The standard InChI is InChI=1S/C14H7F4NO/c15-10-2-3-11(12(16)6-10)8-1-4-13(20-14(17)18)9(5-8)7-19/h1-6,14H. The number of halogens is 4. The Bertz CT molecular complexity index is 679. The fourth-order valence-corrected chi connectivity index (χ4v) is 1.71. The van der Waals surface area contributed by atoms with Crippen LogP contribution in [0.1, 0.15) is 5.56 Å². The van der Waals surface area contributed by atoms with Gasteiger partial charge in [-0.05, 0) is 29.8 Å². The largest absolute Gasteiger partial charge is 0.433 e. The van der Waals surface area contributed by atoms with Crippen molar-refractivity contribution >= 4 is 0 Å². The molecule has 0 saturated heterocycles. The molecule has 0 amide bonds. The molecule has 0 aliphatic rings. The monoisotopic (exact) mass is 281 g/mol. The molecule has 2 nitrogen and oxygen atoms in total. The van der Waals surface area contributed by atoms with Gasteiger partial charge in [-0.1, -0.05) is 6.07 Å². The van der Waals surface area contributed by atoms with Crippen molar-refractivity contribution in [3.8, 4) is 22.9 Å². The molecule has 0 aliphatic carbocycles. The average Bonchev–Trinajstić information content (AvgIpc) is 2.39. The third kappa shape index (κ3) is 2.88. The van der Waals surface area contributed by atoms with E-state index in [0.717, 1.165) is 12.1 Å². The van der Waals surface area contributed by atoms with Crippen molar-refractivity contribution in [1.29, 1.82) is 5.26 Å². The van der Waals surface area contributed by atoms with E-state index in [1.807, 2.05) is 0 Å². The summed E-state index contributed by atoms with van der Waals surface area (Å²) in [4.78, 5) is 0. The van der Waals surface area contributed by atoms with Crippen LogP contribution in [0.5, 0.6) is 5.75 Å². The van der Waals surface area contributed by atoms with E-state index in [-0.39, 0.29) is 22.4 Å². The molecular formula is C14H7F4NO. The maximum atomic E-state index is 13.6. The minimum Gasteiger partial charge on any atom is -0.433 e. The summed E-state index contributed by atoms with van der Waals surface area (Å²) < 4.78 is 54.9. The van der Waals surface area contributed by atoms with Crippen LogP contribution < -0.4 is 4.74 Å². The summed E-state index contributed by atoms with van der Waals surface area (Å²) >= 11 is 0. The molecule has 0 spiro atoms. The smallest absolute Gasteiger partial charge is 0.387 e. The Morgan fingerprint density at radius 1 is 1.05 bits per heavy atom. The van der Waals surface area contributed by atoms with Crippen LogP contribution in [0.2, 0.25) is 0 Å². The highest BCUT2D eigenvalue weighted by atomic mass is 19.3. The second-order valence-corrected chi connectivity index (χ2v) is 3.83. The molecular weight excluding hydrogens is 274 g/mol. The molecule has 0 bridgehead atoms. The molecule has 0 heterocycles. The summed E-state index contributed by atoms with van der Waals surface area (Å²) in [6, 6.07) is 8.31. The maximum absolute atomic E-state index is 13.6. The molecule has 0 radical (unpaired) electrons. The second kappa shape index (κ2) is 5.61. The number of hydrogen-bond acceptors (Lipinski definition) is 2. The van der Waals surface area contributed by atoms with Crippen molar-refractivity contribution < 1.29 is 22.3 Å². The lowest BCUT2D eigenvalue weighted by atomic mass is 10.0. The van der Waals surface area contributed by atoms with Gasteiger partial charge in [0.2, 0.25) is 0 Å². The van der Waals surface area contributed by atoms with Gasteiger partial charge < -0.3 is 4.74 Å². The number of benzene rings is 2.